The number of halogens is 1. The first kappa shape index (κ1) is 13.3. The summed E-state index contributed by atoms with van der Waals surface area (Å²) in [7, 11) is 0. The van der Waals surface area contributed by atoms with Gasteiger partial charge in [0.15, 0.2) is 0 Å². The number of nitrogens with zero attached hydrogens (tertiary/aromatic N) is 1. The molecular weight excluding hydrogens is 268 g/mol. The highest BCUT2D eigenvalue weighted by atomic mass is 35.5. The van der Waals surface area contributed by atoms with E-state index in [0.29, 0.717) is 22.1 Å². The molecule has 0 fully saturated rings. The van der Waals surface area contributed by atoms with Crippen LogP contribution in [0.25, 0.3) is 11.4 Å². The highest BCUT2D eigenvalue weighted by Crippen LogP contribution is 2.19. The molecule has 0 atom stereocenters. The first-order valence-corrected chi connectivity index (χ1v) is 5.92. The van der Waals surface area contributed by atoms with E-state index in [0.717, 1.165) is 0 Å². The van der Waals surface area contributed by atoms with Crippen molar-refractivity contribution in [3.05, 3.63) is 50.9 Å². The summed E-state index contributed by atoms with van der Waals surface area (Å²) in [6, 6.07) is 6.91. The predicted molar refractivity (Wildman–Crippen MR) is 71.4 cm³/mol. The fraction of sp³-hybridized carbons (Fsp3) is 0.154. The van der Waals surface area contributed by atoms with Crippen LogP contribution in [0.2, 0.25) is 5.02 Å². The van der Waals surface area contributed by atoms with Crippen molar-refractivity contribution in [2.75, 3.05) is 0 Å². The lowest BCUT2D eigenvalue weighted by atomic mass is 10.1. The number of benzene rings is 1. The Bertz CT molecular complexity index is 695. The van der Waals surface area contributed by atoms with E-state index in [1.807, 2.05) is 0 Å². The topological polar surface area (TPSA) is 83.0 Å². The molecule has 2 N–H and O–H groups in total. The van der Waals surface area contributed by atoms with Crippen LogP contribution in [0.1, 0.15) is 11.3 Å². The summed E-state index contributed by atoms with van der Waals surface area (Å²) in [6.45, 7) is 1.61. The van der Waals surface area contributed by atoms with Crippen LogP contribution < -0.4 is 5.56 Å². The highest BCUT2D eigenvalue weighted by Gasteiger charge is 2.12. The minimum absolute atomic E-state index is 0.165. The van der Waals surface area contributed by atoms with Crippen LogP contribution in [-0.4, -0.2) is 21.0 Å². The number of carboxylic acid groups (broad SMARTS) is 1. The van der Waals surface area contributed by atoms with E-state index >= 15 is 0 Å². The van der Waals surface area contributed by atoms with Crippen molar-refractivity contribution in [2.24, 2.45) is 0 Å². The van der Waals surface area contributed by atoms with Gasteiger partial charge >= 0.3 is 5.97 Å². The Morgan fingerprint density at radius 2 is 2.21 bits per heavy atom. The lowest BCUT2D eigenvalue weighted by Crippen LogP contribution is -2.20. The number of carbonyl (C=O) groups is 1. The maximum Gasteiger partial charge on any atom is 0.308 e. The molecule has 0 unspecified atom stereocenters. The number of aromatic nitrogens is 2. The maximum absolute atomic E-state index is 11.9. The summed E-state index contributed by atoms with van der Waals surface area (Å²) >= 11 is 5.88. The van der Waals surface area contributed by atoms with Crippen LogP contribution in [0, 0.1) is 6.92 Å². The molecule has 98 valence electrons. The molecule has 6 heteroatoms. The molecule has 2 aromatic rings. The van der Waals surface area contributed by atoms with E-state index in [-0.39, 0.29) is 12.0 Å². The Labute approximate surface area is 113 Å². The fourth-order valence-electron chi connectivity index (χ4n) is 1.74. The lowest BCUT2D eigenvalue weighted by Gasteiger charge is -2.06. The van der Waals surface area contributed by atoms with Gasteiger partial charge in [0.1, 0.15) is 5.82 Å². The summed E-state index contributed by atoms with van der Waals surface area (Å²) < 4.78 is 0. The number of aliphatic carboxylic acids is 1. The van der Waals surface area contributed by atoms with Crippen molar-refractivity contribution < 1.29 is 9.90 Å². The van der Waals surface area contributed by atoms with Gasteiger partial charge in [-0.25, -0.2) is 4.98 Å². The van der Waals surface area contributed by atoms with Gasteiger partial charge < -0.3 is 10.1 Å². The van der Waals surface area contributed by atoms with Crippen molar-refractivity contribution in [3.63, 3.8) is 0 Å². The number of hydrogen-bond acceptors (Lipinski definition) is 3. The number of carboxylic acids is 1. The molecule has 5 nitrogen and oxygen atoms in total. The van der Waals surface area contributed by atoms with Crippen LogP contribution in [0.4, 0.5) is 0 Å². The van der Waals surface area contributed by atoms with Crippen LogP contribution in [0.5, 0.6) is 0 Å². The van der Waals surface area contributed by atoms with Crippen LogP contribution >= 0.6 is 11.6 Å². The van der Waals surface area contributed by atoms with Gasteiger partial charge in [-0.15, -0.1) is 0 Å². The van der Waals surface area contributed by atoms with E-state index in [1.54, 1.807) is 31.2 Å². The van der Waals surface area contributed by atoms with Gasteiger partial charge in [-0.3, -0.25) is 9.59 Å². The van der Waals surface area contributed by atoms with Gasteiger partial charge in [-0.05, 0) is 19.1 Å². The number of hydrogen-bond donors (Lipinski definition) is 2. The highest BCUT2D eigenvalue weighted by molar-refractivity contribution is 6.30. The van der Waals surface area contributed by atoms with Crippen LogP contribution in [0.3, 0.4) is 0 Å². The Hall–Kier alpha value is -2.14. The zero-order chi connectivity index (χ0) is 14.0. The SMILES string of the molecule is Cc1nc(-c2cccc(Cl)c2)[nH]c(=O)c1CC(=O)O. The Morgan fingerprint density at radius 1 is 1.47 bits per heavy atom. The fourth-order valence-corrected chi connectivity index (χ4v) is 1.93. The van der Waals surface area contributed by atoms with Crippen molar-refractivity contribution in [1.29, 1.82) is 0 Å². The second-order valence-electron chi connectivity index (χ2n) is 4.06. The zero-order valence-electron chi connectivity index (χ0n) is 10.1. The van der Waals surface area contributed by atoms with Gasteiger partial charge in [0, 0.05) is 21.8 Å². The molecule has 1 aromatic carbocycles. The standard InChI is InChI=1S/C13H11ClN2O3/c1-7-10(6-11(17)18)13(19)16-12(15-7)8-3-2-4-9(14)5-8/h2-5H,6H2,1H3,(H,17,18)(H,15,16,19). The second kappa shape index (κ2) is 5.24. The minimum Gasteiger partial charge on any atom is -0.481 e. The third-order valence-electron chi connectivity index (χ3n) is 2.65. The van der Waals surface area contributed by atoms with E-state index in [4.69, 9.17) is 16.7 Å². The van der Waals surface area contributed by atoms with Crippen molar-refractivity contribution in [2.45, 2.75) is 13.3 Å². The number of nitrogens with one attached hydrogen (secondary N) is 1. The third kappa shape index (κ3) is 3.00. The normalized spacial score (nSPS) is 10.4. The van der Waals surface area contributed by atoms with Crippen molar-refractivity contribution in [3.8, 4) is 11.4 Å². The first-order chi connectivity index (χ1) is 8.97. The van der Waals surface area contributed by atoms with Gasteiger partial charge in [0.2, 0.25) is 0 Å². The van der Waals surface area contributed by atoms with Crippen LogP contribution in [0.15, 0.2) is 29.1 Å². The molecular formula is C13H11ClN2O3. The number of H-pyrrole nitrogens is 1. The average molecular weight is 279 g/mol. The van der Waals surface area contributed by atoms with Gasteiger partial charge in [-0.1, -0.05) is 23.7 Å². The summed E-state index contributed by atoms with van der Waals surface area (Å²) in [4.78, 5) is 29.3. The molecule has 0 bridgehead atoms. The Morgan fingerprint density at radius 3 is 2.79 bits per heavy atom. The Balaban J connectivity index is 2.51. The number of rotatable bonds is 3. The van der Waals surface area contributed by atoms with Gasteiger partial charge in [-0.2, -0.15) is 0 Å². The maximum atomic E-state index is 11.9. The molecule has 0 aliphatic carbocycles. The summed E-state index contributed by atoms with van der Waals surface area (Å²) in [5.74, 6) is -0.690. The molecule has 0 aliphatic rings. The monoisotopic (exact) mass is 278 g/mol. The van der Waals surface area contributed by atoms with Gasteiger partial charge in [0.05, 0.1) is 6.42 Å². The van der Waals surface area contributed by atoms with Gasteiger partial charge in [0.25, 0.3) is 5.56 Å². The molecule has 2 rings (SSSR count). The molecule has 0 spiro atoms. The first-order valence-electron chi connectivity index (χ1n) is 5.55. The predicted octanol–water partition coefficient (Wildman–Crippen LogP) is 2.03. The molecule has 0 saturated carbocycles. The minimum atomic E-state index is -1.06. The molecule has 1 aromatic heterocycles. The zero-order valence-corrected chi connectivity index (χ0v) is 10.9. The summed E-state index contributed by atoms with van der Waals surface area (Å²) in [5.41, 5.74) is 0.804. The van der Waals surface area contributed by atoms with E-state index < -0.39 is 11.5 Å². The number of aromatic amines is 1. The molecule has 0 amide bonds. The molecule has 0 saturated heterocycles. The molecule has 0 radical (unpaired) electrons. The van der Waals surface area contributed by atoms with E-state index in [2.05, 4.69) is 9.97 Å². The average Bonchev–Trinajstić information content (AvgIpc) is 2.33. The molecule has 19 heavy (non-hydrogen) atoms. The number of aryl methyl sites for hydroxylation is 1. The quantitative estimate of drug-likeness (QED) is 0.900. The molecule has 1 heterocycles. The Kier molecular flexibility index (Phi) is 3.66. The van der Waals surface area contributed by atoms with E-state index in [1.165, 1.54) is 0 Å². The third-order valence-corrected chi connectivity index (χ3v) is 2.88. The smallest absolute Gasteiger partial charge is 0.308 e. The van der Waals surface area contributed by atoms with Crippen LogP contribution in [-0.2, 0) is 11.2 Å². The van der Waals surface area contributed by atoms with E-state index in [9.17, 15) is 9.59 Å². The summed E-state index contributed by atoms with van der Waals surface area (Å²) in [6.07, 6.45) is -0.343. The van der Waals surface area contributed by atoms with Crippen molar-refractivity contribution in [1.82, 2.24) is 9.97 Å². The molecule has 0 aliphatic heterocycles. The second-order valence-corrected chi connectivity index (χ2v) is 4.50. The summed E-state index contributed by atoms with van der Waals surface area (Å²) in [5, 5.41) is 9.28. The largest absolute Gasteiger partial charge is 0.481 e. The van der Waals surface area contributed by atoms with Crippen molar-refractivity contribution >= 4 is 17.6 Å². The lowest BCUT2D eigenvalue weighted by molar-refractivity contribution is -0.136.